The summed E-state index contributed by atoms with van der Waals surface area (Å²) in [6.45, 7) is 0. The maximum Gasteiger partial charge on any atom is 0.265 e. The molecule has 0 fully saturated rings. The van der Waals surface area contributed by atoms with Crippen molar-refractivity contribution in [3.8, 4) is 0 Å². The monoisotopic (exact) mass is 316 g/mol. The Morgan fingerprint density at radius 1 is 1.40 bits per heavy atom. The summed E-state index contributed by atoms with van der Waals surface area (Å²) < 4.78 is 44.1. The van der Waals surface area contributed by atoms with Crippen molar-refractivity contribution in [2.24, 2.45) is 5.11 Å². The maximum absolute atomic E-state index is 13.4. The summed E-state index contributed by atoms with van der Waals surface area (Å²) in [5.74, 6) is -0.862. The molecule has 0 radical (unpaired) electrons. The molecule has 20 heavy (non-hydrogen) atoms. The van der Waals surface area contributed by atoms with Crippen LogP contribution in [-0.2, 0) is 10.0 Å². The van der Waals surface area contributed by atoms with Crippen molar-refractivity contribution >= 4 is 33.0 Å². The van der Waals surface area contributed by atoms with Crippen molar-refractivity contribution in [1.29, 1.82) is 0 Å². The van der Waals surface area contributed by atoms with Crippen LogP contribution < -0.4 is 4.72 Å². The van der Waals surface area contributed by atoms with Crippen LogP contribution in [0.25, 0.3) is 10.4 Å². The van der Waals surface area contributed by atoms with Gasteiger partial charge in [0.2, 0.25) is 0 Å². The van der Waals surface area contributed by atoms with Gasteiger partial charge in [0.1, 0.15) is 17.0 Å². The van der Waals surface area contributed by atoms with E-state index in [0.717, 1.165) is 18.4 Å². The Kier molecular flexibility index (Phi) is 3.84. The van der Waals surface area contributed by atoms with Crippen LogP contribution in [0.4, 0.5) is 15.8 Å². The normalized spacial score (nSPS) is 10.9. The molecule has 0 aliphatic carbocycles. The number of azide groups is 1. The second kappa shape index (κ2) is 5.41. The van der Waals surface area contributed by atoms with Crippen LogP contribution in [0.5, 0.6) is 0 Å². The highest BCUT2D eigenvalue weighted by atomic mass is 35.5. The van der Waals surface area contributed by atoms with E-state index in [-0.39, 0.29) is 15.6 Å². The number of rotatable bonds is 4. The van der Waals surface area contributed by atoms with Gasteiger partial charge in [0.15, 0.2) is 0 Å². The third-order valence-corrected chi connectivity index (χ3v) is 3.99. The van der Waals surface area contributed by atoms with Crippen LogP contribution in [0.1, 0.15) is 0 Å². The maximum atomic E-state index is 13.4. The van der Waals surface area contributed by atoms with E-state index in [2.05, 4.69) is 19.2 Å². The Morgan fingerprint density at radius 2 is 2.15 bits per heavy atom. The second-order valence-electron chi connectivity index (χ2n) is 3.51. The average molecular weight is 317 g/mol. The molecule has 1 aromatic carbocycles. The average Bonchev–Trinajstić information content (AvgIpc) is 2.93. The van der Waals surface area contributed by atoms with Gasteiger partial charge >= 0.3 is 0 Å². The molecule has 2 rings (SSSR count). The largest absolute Gasteiger partial charge is 0.471 e. The standard InChI is InChI=1S/C10H6ClFN4O3S/c11-9-8(2-1-7(12)10(9)14-16-13)15-20(17,18)6-3-4-19-5-6/h1-5,15H. The van der Waals surface area contributed by atoms with Crippen LogP contribution in [0.2, 0.25) is 5.02 Å². The van der Waals surface area contributed by atoms with Gasteiger partial charge in [0.25, 0.3) is 10.0 Å². The van der Waals surface area contributed by atoms with Gasteiger partial charge in [-0.1, -0.05) is 16.7 Å². The minimum Gasteiger partial charge on any atom is -0.471 e. The Morgan fingerprint density at radius 3 is 2.75 bits per heavy atom. The highest BCUT2D eigenvalue weighted by Crippen LogP contribution is 2.36. The van der Waals surface area contributed by atoms with Gasteiger partial charge in [-0.2, -0.15) is 0 Å². The van der Waals surface area contributed by atoms with E-state index in [4.69, 9.17) is 17.1 Å². The molecule has 10 heteroatoms. The molecule has 1 aromatic heterocycles. The molecule has 0 saturated heterocycles. The zero-order valence-corrected chi connectivity index (χ0v) is 11.2. The van der Waals surface area contributed by atoms with Gasteiger partial charge in [0, 0.05) is 4.91 Å². The van der Waals surface area contributed by atoms with E-state index >= 15 is 0 Å². The third-order valence-electron chi connectivity index (χ3n) is 2.26. The Hall–Kier alpha value is -2.22. The van der Waals surface area contributed by atoms with Crippen LogP contribution in [0.3, 0.4) is 0 Å². The Bertz CT molecular complexity index is 785. The molecule has 0 aliphatic heterocycles. The minimum absolute atomic E-state index is 0.114. The highest BCUT2D eigenvalue weighted by molar-refractivity contribution is 7.92. The molecule has 1 heterocycles. The van der Waals surface area contributed by atoms with Gasteiger partial charge in [-0.3, -0.25) is 4.72 Å². The zero-order valence-electron chi connectivity index (χ0n) is 9.62. The lowest BCUT2D eigenvalue weighted by molar-refractivity contribution is 0.557. The number of furan rings is 1. The summed E-state index contributed by atoms with van der Waals surface area (Å²) in [5, 5.41) is 2.74. The quantitative estimate of drug-likeness (QED) is 0.526. The summed E-state index contributed by atoms with van der Waals surface area (Å²) in [7, 11) is -3.92. The van der Waals surface area contributed by atoms with Crippen LogP contribution in [-0.4, -0.2) is 8.42 Å². The molecule has 2 aromatic rings. The predicted molar refractivity (Wildman–Crippen MR) is 69.7 cm³/mol. The van der Waals surface area contributed by atoms with E-state index < -0.39 is 21.5 Å². The number of nitrogens with one attached hydrogen (secondary N) is 1. The van der Waals surface area contributed by atoms with Crippen molar-refractivity contribution < 1.29 is 17.2 Å². The second-order valence-corrected chi connectivity index (χ2v) is 5.57. The van der Waals surface area contributed by atoms with Crippen molar-refractivity contribution in [1.82, 2.24) is 0 Å². The first-order chi connectivity index (χ1) is 9.45. The molecule has 7 nitrogen and oxygen atoms in total. The molecule has 0 atom stereocenters. The number of benzene rings is 1. The van der Waals surface area contributed by atoms with Crippen LogP contribution in [0, 0.1) is 5.82 Å². The first-order valence-electron chi connectivity index (χ1n) is 5.04. The van der Waals surface area contributed by atoms with E-state index in [1.54, 1.807) is 0 Å². The topological polar surface area (TPSA) is 108 Å². The summed E-state index contributed by atoms with van der Waals surface area (Å²) >= 11 is 5.81. The van der Waals surface area contributed by atoms with Crippen LogP contribution >= 0.6 is 11.6 Å². The van der Waals surface area contributed by atoms with Crippen molar-refractivity contribution in [2.45, 2.75) is 4.90 Å². The lowest BCUT2D eigenvalue weighted by Gasteiger charge is -2.09. The molecule has 104 valence electrons. The van der Waals surface area contributed by atoms with Gasteiger partial charge in [-0.25, -0.2) is 12.8 Å². The number of nitrogens with zero attached hydrogens (tertiary/aromatic N) is 3. The molecule has 0 saturated carbocycles. The SMILES string of the molecule is [N-]=[N+]=Nc1c(F)ccc(NS(=O)(=O)c2ccoc2)c1Cl. The summed E-state index contributed by atoms with van der Waals surface area (Å²) in [5.41, 5.74) is 7.73. The number of hydrogen-bond donors (Lipinski definition) is 1. The minimum atomic E-state index is -3.92. The summed E-state index contributed by atoms with van der Waals surface area (Å²) in [6, 6.07) is 3.28. The molecule has 0 unspecified atom stereocenters. The summed E-state index contributed by atoms with van der Waals surface area (Å²) in [6.07, 6.45) is 2.21. The lowest BCUT2D eigenvalue weighted by atomic mass is 10.3. The lowest BCUT2D eigenvalue weighted by Crippen LogP contribution is -2.12. The summed E-state index contributed by atoms with van der Waals surface area (Å²) in [4.78, 5) is 2.30. The predicted octanol–water partition coefficient (Wildman–Crippen LogP) is 3.81. The highest BCUT2D eigenvalue weighted by Gasteiger charge is 2.19. The molecule has 0 spiro atoms. The van der Waals surface area contributed by atoms with Gasteiger partial charge in [-0.05, 0) is 23.7 Å². The fraction of sp³-hybridized carbons (Fsp3) is 0. The molecule has 0 bridgehead atoms. The molecule has 0 aliphatic rings. The van der Waals surface area contributed by atoms with E-state index in [1.807, 2.05) is 0 Å². The van der Waals surface area contributed by atoms with E-state index in [9.17, 15) is 12.8 Å². The van der Waals surface area contributed by atoms with Gasteiger partial charge < -0.3 is 4.42 Å². The first kappa shape index (κ1) is 14.2. The molecular weight excluding hydrogens is 311 g/mol. The third kappa shape index (κ3) is 2.69. The van der Waals surface area contributed by atoms with Crippen molar-refractivity contribution in [2.75, 3.05) is 4.72 Å². The van der Waals surface area contributed by atoms with Gasteiger partial charge in [-0.15, -0.1) is 0 Å². The molecule has 1 N–H and O–H groups in total. The van der Waals surface area contributed by atoms with E-state index in [1.165, 1.54) is 12.3 Å². The van der Waals surface area contributed by atoms with Crippen molar-refractivity contribution in [3.05, 3.63) is 52.0 Å². The smallest absolute Gasteiger partial charge is 0.265 e. The fourth-order valence-corrected chi connectivity index (χ4v) is 2.65. The number of anilines is 1. The Balaban J connectivity index is 2.45. The zero-order chi connectivity index (χ0) is 14.8. The first-order valence-corrected chi connectivity index (χ1v) is 6.90. The van der Waals surface area contributed by atoms with Crippen molar-refractivity contribution in [3.63, 3.8) is 0 Å². The van der Waals surface area contributed by atoms with Gasteiger partial charge in [0.05, 0.1) is 22.7 Å². The van der Waals surface area contributed by atoms with E-state index in [0.29, 0.717) is 0 Å². The Labute approximate surface area is 117 Å². The fourth-order valence-electron chi connectivity index (χ4n) is 1.36. The molecule has 0 amide bonds. The number of hydrogen-bond acceptors (Lipinski definition) is 4. The van der Waals surface area contributed by atoms with Crippen LogP contribution in [0.15, 0.2) is 45.2 Å². The number of sulfonamides is 1. The number of halogens is 2. The molecular formula is C10H6ClFN4O3S.